The van der Waals surface area contributed by atoms with Gasteiger partial charge < -0.3 is 10.2 Å². The second-order valence-corrected chi connectivity index (χ2v) is 8.84. The lowest BCUT2D eigenvalue weighted by atomic mass is 10.1. The molecule has 8 heteroatoms. The van der Waals surface area contributed by atoms with Crippen molar-refractivity contribution >= 4 is 35.2 Å². The maximum absolute atomic E-state index is 12.4. The van der Waals surface area contributed by atoms with Gasteiger partial charge in [-0.25, -0.2) is 0 Å². The summed E-state index contributed by atoms with van der Waals surface area (Å²) in [6, 6.07) is 18.0. The van der Waals surface area contributed by atoms with Crippen molar-refractivity contribution < 1.29 is 4.79 Å². The molecule has 0 atom stereocenters. The highest BCUT2D eigenvalue weighted by Gasteiger charge is 2.23. The molecular formula is C23H26ClN5OS. The van der Waals surface area contributed by atoms with Gasteiger partial charge in [-0.3, -0.25) is 9.36 Å². The summed E-state index contributed by atoms with van der Waals surface area (Å²) in [6.45, 7) is 2.56. The number of halogens is 1. The van der Waals surface area contributed by atoms with Crippen molar-refractivity contribution in [3.63, 3.8) is 0 Å². The summed E-state index contributed by atoms with van der Waals surface area (Å²) in [5, 5.41) is 13.1. The van der Waals surface area contributed by atoms with Gasteiger partial charge in [0.15, 0.2) is 5.16 Å². The van der Waals surface area contributed by atoms with Crippen LogP contribution in [-0.4, -0.2) is 46.1 Å². The molecule has 1 aliphatic heterocycles. The van der Waals surface area contributed by atoms with Crippen molar-refractivity contribution in [2.75, 3.05) is 30.3 Å². The molecule has 3 aromatic rings. The minimum Gasteiger partial charge on any atom is -0.355 e. The molecule has 0 saturated carbocycles. The van der Waals surface area contributed by atoms with E-state index in [0.717, 1.165) is 50.4 Å². The number of nitrogens with zero attached hydrogens (tertiary/aromatic N) is 4. The second kappa shape index (κ2) is 10.7. The van der Waals surface area contributed by atoms with Gasteiger partial charge in [-0.2, -0.15) is 0 Å². The first-order valence-corrected chi connectivity index (χ1v) is 12.0. The monoisotopic (exact) mass is 455 g/mol. The van der Waals surface area contributed by atoms with Gasteiger partial charge in [-0.1, -0.05) is 65.8 Å². The van der Waals surface area contributed by atoms with Gasteiger partial charge in [0.25, 0.3) is 0 Å². The first kappa shape index (κ1) is 21.7. The minimum absolute atomic E-state index is 0.00510. The lowest BCUT2D eigenvalue weighted by molar-refractivity contribution is -0.118. The molecule has 1 aliphatic rings. The van der Waals surface area contributed by atoms with E-state index in [1.54, 1.807) is 0 Å². The molecule has 1 fully saturated rings. The Morgan fingerprint density at radius 3 is 2.55 bits per heavy atom. The molecule has 4 rings (SSSR count). The van der Waals surface area contributed by atoms with Crippen molar-refractivity contribution in [1.29, 1.82) is 0 Å². The number of hydrogen-bond donors (Lipinski definition) is 1. The summed E-state index contributed by atoms with van der Waals surface area (Å²) >= 11 is 7.87. The Bertz CT molecular complexity index is 1000. The largest absolute Gasteiger partial charge is 0.355 e. The minimum atomic E-state index is -0.00510. The maximum Gasteiger partial charge on any atom is 0.232 e. The van der Waals surface area contributed by atoms with Crippen LogP contribution in [0.3, 0.4) is 0 Å². The Balaban J connectivity index is 1.38. The first-order valence-electron chi connectivity index (χ1n) is 10.6. The van der Waals surface area contributed by atoms with Gasteiger partial charge in [-0.05, 0) is 43.4 Å². The highest BCUT2D eigenvalue weighted by molar-refractivity contribution is 7.99. The van der Waals surface area contributed by atoms with Gasteiger partial charge in [0.1, 0.15) is 0 Å². The van der Waals surface area contributed by atoms with Crippen LogP contribution in [0.15, 0.2) is 59.8 Å². The van der Waals surface area contributed by atoms with Crippen LogP contribution in [0.1, 0.15) is 24.8 Å². The third-order valence-corrected chi connectivity index (χ3v) is 6.49. The van der Waals surface area contributed by atoms with E-state index < -0.39 is 0 Å². The number of carbonyl (C=O) groups excluding carboxylic acids is 1. The van der Waals surface area contributed by atoms with Crippen LogP contribution in [0.2, 0.25) is 5.02 Å². The fourth-order valence-corrected chi connectivity index (χ4v) is 4.66. The molecule has 1 amide bonds. The van der Waals surface area contributed by atoms with Crippen molar-refractivity contribution in [2.24, 2.45) is 0 Å². The fraction of sp³-hybridized carbons (Fsp3) is 0.348. The molecule has 2 heterocycles. The Hall–Kier alpha value is -2.51. The van der Waals surface area contributed by atoms with E-state index in [-0.39, 0.29) is 11.7 Å². The van der Waals surface area contributed by atoms with Crippen LogP contribution in [0.4, 0.5) is 5.95 Å². The van der Waals surface area contributed by atoms with Crippen LogP contribution >= 0.6 is 23.4 Å². The van der Waals surface area contributed by atoms with Gasteiger partial charge in [0, 0.05) is 19.6 Å². The molecule has 6 nitrogen and oxygen atoms in total. The van der Waals surface area contributed by atoms with Crippen LogP contribution in [0.5, 0.6) is 0 Å². The molecule has 0 spiro atoms. The highest BCUT2D eigenvalue weighted by atomic mass is 35.5. The number of nitrogens with one attached hydrogen (secondary N) is 1. The zero-order chi connectivity index (χ0) is 21.5. The standard InChI is InChI=1S/C23H26ClN5OS/c24-19-12-4-5-13-20(19)29-22(28-15-6-7-16-28)26-27-23(29)31-17-21(30)25-14-8-11-18-9-2-1-3-10-18/h1-5,9-10,12-13H,6-8,11,14-17H2,(H,25,30). The lowest BCUT2D eigenvalue weighted by Crippen LogP contribution is -2.26. The van der Waals surface area contributed by atoms with Crippen molar-refractivity contribution in [1.82, 2.24) is 20.1 Å². The van der Waals surface area contributed by atoms with E-state index in [1.807, 2.05) is 47.0 Å². The number of thioether (sulfide) groups is 1. The molecule has 2 aromatic carbocycles. The fourth-order valence-electron chi connectivity index (χ4n) is 3.67. The maximum atomic E-state index is 12.4. The lowest BCUT2D eigenvalue weighted by Gasteiger charge is -2.19. The molecule has 0 bridgehead atoms. The molecule has 162 valence electrons. The molecule has 1 N–H and O–H groups in total. The summed E-state index contributed by atoms with van der Waals surface area (Å²) in [7, 11) is 0. The highest BCUT2D eigenvalue weighted by Crippen LogP contribution is 2.31. The molecule has 1 saturated heterocycles. The third kappa shape index (κ3) is 5.60. The Morgan fingerprint density at radius 1 is 1.03 bits per heavy atom. The summed E-state index contributed by atoms with van der Waals surface area (Å²) in [6.07, 6.45) is 4.15. The molecular weight excluding hydrogens is 430 g/mol. The third-order valence-electron chi connectivity index (χ3n) is 5.24. The first-order chi connectivity index (χ1) is 15.2. The Morgan fingerprint density at radius 2 is 1.77 bits per heavy atom. The molecule has 1 aromatic heterocycles. The van der Waals surface area contributed by atoms with E-state index in [1.165, 1.54) is 17.3 Å². The zero-order valence-electron chi connectivity index (χ0n) is 17.3. The molecule has 0 unspecified atom stereocenters. The van der Waals surface area contributed by atoms with E-state index in [0.29, 0.717) is 16.7 Å². The van der Waals surface area contributed by atoms with E-state index >= 15 is 0 Å². The summed E-state index contributed by atoms with van der Waals surface area (Å²) in [4.78, 5) is 14.6. The predicted octanol–water partition coefficient (Wildman–Crippen LogP) is 4.36. The van der Waals surface area contributed by atoms with Crippen LogP contribution in [0, 0.1) is 0 Å². The normalized spacial score (nSPS) is 13.5. The number of carbonyl (C=O) groups is 1. The van der Waals surface area contributed by atoms with Crippen molar-refractivity contribution in [3.8, 4) is 5.69 Å². The van der Waals surface area contributed by atoms with Gasteiger partial charge in [0.05, 0.1) is 16.5 Å². The zero-order valence-corrected chi connectivity index (χ0v) is 18.9. The number of aromatic nitrogens is 3. The number of rotatable bonds is 9. The number of aryl methyl sites for hydroxylation is 1. The number of para-hydroxylation sites is 1. The van der Waals surface area contributed by atoms with E-state index in [9.17, 15) is 4.79 Å². The Kier molecular flexibility index (Phi) is 7.48. The quantitative estimate of drug-likeness (QED) is 0.383. The average Bonchev–Trinajstić information content (AvgIpc) is 3.46. The smallest absolute Gasteiger partial charge is 0.232 e. The predicted molar refractivity (Wildman–Crippen MR) is 126 cm³/mol. The van der Waals surface area contributed by atoms with Crippen molar-refractivity contribution in [3.05, 3.63) is 65.2 Å². The van der Waals surface area contributed by atoms with Gasteiger partial charge in [-0.15, -0.1) is 10.2 Å². The SMILES string of the molecule is O=C(CSc1nnc(N2CCCC2)n1-c1ccccc1Cl)NCCCc1ccccc1. The van der Waals surface area contributed by atoms with Gasteiger partial charge >= 0.3 is 0 Å². The molecule has 31 heavy (non-hydrogen) atoms. The van der Waals surface area contributed by atoms with E-state index in [4.69, 9.17) is 11.6 Å². The van der Waals surface area contributed by atoms with Crippen LogP contribution < -0.4 is 10.2 Å². The van der Waals surface area contributed by atoms with E-state index in [2.05, 4.69) is 32.5 Å². The number of hydrogen-bond acceptors (Lipinski definition) is 5. The number of amides is 1. The van der Waals surface area contributed by atoms with Crippen molar-refractivity contribution in [2.45, 2.75) is 30.8 Å². The van der Waals surface area contributed by atoms with Crippen LogP contribution in [0.25, 0.3) is 5.69 Å². The summed E-state index contributed by atoms with van der Waals surface area (Å²) in [5.41, 5.74) is 2.12. The van der Waals surface area contributed by atoms with Crippen LogP contribution in [-0.2, 0) is 11.2 Å². The topological polar surface area (TPSA) is 63.1 Å². The average molecular weight is 456 g/mol. The number of anilines is 1. The van der Waals surface area contributed by atoms with Gasteiger partial charge in [0.2, 0.25) is 11.9 Å². The Labute approximate surface area is 192 Å². The second-order valence-electron chi connectivity index (χ2n) is 7.49. The number of benzene rings is 2. The summed E-state index contributed by atoms with van der Waals surface area (Å²) < 4.78 is 1.97. The molecule has 0 aliphatic carbocycles. The summed E-state index contributed by atoms with van der Waals surface area (Å²) in [5.74, 6) is 1.07. The molecule has 0 radical (unpaired) electrons.